The minimum Gasteiger partial charge on any atom is -0.508 e. The molecule has 12 heteroatoms. The van der Waals surface area contributed by atoms with Crippen molar-refractivity contribution in [2.75, 3.05) is 6.61 Å². The number of fused-ring (bicyclic) bond motifs is 1. The van der Waals surface area contributed by atoms with Gasteiger partial charge in [-0.05, 0) is 12.1 Å². The van der Waals surface area contributed by atoms with Crippen LogP contribution in [-0.2, 0) is 4.74 Å². The molecule has 12 nitrogen and oxygen atoms in total. The van der Waals surface area contributed by atoms with Gasteiger partial charge in [0.1, 0.15) is 40.8 Å². The zero-order chi connectivity index (χ0) is 23.3. The third-order valence-corrected chi connectivity index (χ3v) is 4.94. The minimum absolute atomic E-state index is 0.166. The average Bonchev–Trinajstić information content (AvgIpc) is 2.72. The fourth-order valence-corrected chi connectivity index (χ4v) is 3.30. The highest BCUT2D eigenvalue weighted by atomic mass is 16.7. The van der Waals surface area contributed by atoms with Crippen molar-refractivity contribution in [3.05, 3.63) is 34.5 Å². The summed E-state index contributed by atoms with van der Waals surface area (Å²) in [7, 11) is 0. The van der Waals surface area contributed by atoms with Crippen LogP contribution in [0.15, 0.2) is 33.5 Å². The van der Waals surface area contributed by atoms with E-state index >= 15 is 0 Å². The highest BCUT2D eigenvalue weighted by Crippen LogP contribution is 2.42. The smallest absolute Gasteiger partial charge is 0.239 e. The average molecular weight is 450 g/mol. The van der Waals surface area contributed by atoms with E-state index in [1.165, 1.54) is 0 Å². The third-order valence-electron chi connectivity index (χ3n) is 4.94. The summed E-state index contributed by atoms with van der Waals surface area (Å²) < 4.78 is 16.2. The molecule has 0 saturated carbocycles. The van der Waals surface area contributed by atoms with E-state index in [0.717, 1.165) is 24.3 Å². The Kier molecular flexibility index (Phi) is 5.22. The van der Waals surface area contributed by atoms with E-state index in [1.54, 1.807) is 0 Å². The van der Waals surface area contributed by atoms with Crippen LogP contribution < -0.4 is 10.2 Å². The summed E-state index contributed by atoms with van der Waals surface area (Å²) in [6.07, 6.45) is -6.49. The summed E-state index contributed by atoms with van der Waals surface area (Å²) in [6, 6.07) is 3.78. The highest BCUT2D eigenvalue weighted by molar-refractivity contribution is 5.88. The molecule has 3 aromatic rings. The van der Waals surface area contributed by atoms with Gasteiger partial charge >= 0.3 is 0 Å². The number of ether oxygens (including phenoxy) is 2. The van der Waals surface area contributed by atoms with E-state index < -0.39 is 82.3 Å². The number of phenolic OH excluding ortho intramolecular Hbond substituents is 5. The van der Waals surface area contributed by atoms with Crippen LogP contribution in [0.2, 0.25) is 0 Å². The molecular formula is C20H18O12. The summed E-state index contributed by atoms with van der Waals surface area (Å²) in [6.45, 7) is -0.433. The quantitative estimate of drug-likeness (QED) is 0.244. The Morgan fingerprint density at radius 2 is 1.53 bits per heavy atom. The molecule has 170 valence electrons. The largest absolute Gasteiger partial charge is 0.508 e. The number of hydrogen-bond donors (Lipinski definition) is 8. The van der Waals surface area contributed by atoms with Gasteiger partial charge in [0.05, 0.1) is 6.61 Å². The Morgan fingerprint density at radius 3 is 2.19 bits per heavy atom. The van der Waals surface area contributed by atoms with Crippen molar-refractivity contribution in [2.45, 2.75) is 24.6 Å². The maximum Gasteiger partial charge on any atom is 0.239 e. The lowest BCUT2D eigenvalue weighted by atomic mass is 10.1. The molecule has 0 aliphatic carbocycles. The second kappa shape index (κ2) is 7.76. The number of benzene rings is 2. The van der Waals surface area contributed by atoms with Crippen LogP contribution >= 0.6 is 0 Å². The Labute approximate surface area is 178 Å². The number of aromatic hydroxyl groups is 5. The van der Waals surface area contributed by atoms with Crippen LogP contribution in [0.4, 0.5) is 0 Å². The van der Waals surface area contributed by atoms with Crippen LogP contribution in [0.5, 0.6) is 34.5 Å². The molecule has 1 aliphatic heterocycles. The molecular weight excluding hydrogens is 432 g/mol. The number of aliphatic hydroxyl groups excluding tert-OH is 3. The van der Waals surface area contributed by atoms with Gasteiger partial charge in [0.2, 0.25) is 17.5 Å². The van der Waals surface area contributed by atoms with Gasteiger partial charge in [-0.2, -0.15) is 0 Å². The molecule has 0 unspecified atom stereocenters. The predicted octanol–water partition coefficient (Wildman–Crippen LogP) is -0.194. The standard InChI is InChI=1S/C20H18O12/c21-7-3-8(22)13-12(4-7)31-18(6-1-9(23)14(26)10(24)2-6)19(16(13)28)32-20-17(29)15(27)11(25)5-30-20/h1-4,11,15,17,20-27,29H,5H2/t11-,15+,17-,20+/m0/s1. The van der Waals surface area contributed by atoms with Crippen LogP contribution in [0.1, 0.15) is 0 Å². The number of phenols is 5. The molecule has 0 bridgehead atoms. The maximum absolute atomic E-state index is 13.2. The summed E-state index contributed by atoms with van der Waals surface area (Å²) in [5.41, 5.74) is -1.44. The monoisotopic (exact) mass is 450 g/mol. The molecule has 1 fully saturated rings. The van der Waals surface area contributed by atoms with E-state index in [-0.39, 0.29) is 11.1 Å². The Balaban J connectivity index is 1.95. The molecule has 4 atom stereocenters. The van der Waals surface area contributed by atoms with Gasteiger partial charge in [-0.3, -0.25) is 4.79 Å². The van der Waals surface area contributed by atoms with Gasteiger partial charge in [0, 0.05) is 17.7 Å². The molecule has 2 heterocycles. The van der Waals surface area contributed by atoms with Crippen LogP contribution in [-0.4, -0.2) is 72.1 Å². The maximum atomic E-state index is 13.2. The Morgan fingerprint density at radius 1 is 0.875 bits per heavy atom. The molecule has 0 amide bonds. The van der Waals surface area contributed by atoms with Crippen LogP contribution in [0.3, 0.4) is 0 Å². The molecule has 0 radical (unpaired) electrons. The van der Waals surface area contributed by atoms with Gasteiger partial charge in [0.25, 0.3) is 0 Å². The lowest BCUT2D eigenvalue weighted by Gasteiger charge is -2.34. The number of aliphatic hydroxyl groups is 3. The normalized spacial score (nSPS) is 23.3. The molecule has 1 aromatic heterocycles. The molecule has 32 heavy (non-hydrogen) atoms. The van der Waals surface area contributed by atoms with Crippen molar-refractivity contribution in [3.63, 3.8) is 0 Å². The topological polar surface area (TPSA) is 211 Å². The molecule has 1 saturated heterocycles. The first-order valence-electron chi connectivity index (χ1n) is 9.19. The molecule has 0 spiro atoms. The SMILES string of the molecule is O=c1c(O[C@H]2OC[C@H](O)[C@@H](O)[C@@H]2O)c(-c2cc(O)c(O)c(O)c2)oc2cc(O)cc(O)c12. The highest BCUT2D eigenvalue weighted by Gasteiger charge is 2.40. The van der Waals surface area contributed by atoms with Crippen LogP contribution in [0, 0.1) is 0 Å². The second-order valence-electron chi connectivity index (χ2n) is 7.16. The lowest BCUT2D eigenvalue weighted by molar-refractivity contribution is -0.242. The van der Waals surface area contributed by atoms with Gasteiger partial charge in [-0.15, -0.1) is 0 Å². The first-order valence-corrected chi connectivity index (χ1v) is 9.19. The van der Waals surface area contributed by atoms with Crippen molar-refractivity contribution in [1.29, 1.82) is 0 Å². The molecule has 2 aromatic carbocycles. The minimum atomic E-state index is -1.78. The van der Waals surface area contributed by atoms with Crippen molar-refractivity contribution < 1.29 is 54.7 Å². The van der Waals surface area contributed by atoms with Gasteiger partial charge in [0.15, 0.2) is 23.0 Å². The summed E-state index contributed by atoms with van der Waals surface area (Å²) in [5, 5.41) is 78.4. The van der Waals surface area contributed by atoms with Crippen LogP contribution in [0.25, 0.3) is 22.3 Å². The fourth-order valence-electron chi connectivity index (χ4n) is 3.30. The zero-order valence-corrected chi connectivity index (χ0v) is 16.0. The molecule has 8 N–H and O–H groups in total. The molecule has 1 aliphatic rings. The fraction of sp³-hybridized carbons (Fsp3) is 0.250. The van der Waals surface area contributed by atoms with Crippen molar-refractivity contribution >= 4 is 11.0 Å². The van der Waals surface area contributed by atoms with Crippen molar-refractivity contribution in [2.24, 2.45) is 0 Å². The van der Waals surface area contributed by atoms with E-state index in [2.05, 4.69) is 0 Å². The summed E-state index contributed by atoms with van der Waals surface area (Å²) in [4.78, 5) is 13.2. The lowest BCUT2D eigenvalue weighted by Crippen LogP contribution is -2.55. The summed E-state index contributed by atoms with van der Waals surface area (Å²) >= 11 is 0. The zero-order valence-electron chi connectivity index (χ0n) is 16.0. The number of rotatable bonds is 3. The van der Waals surface area contributed by atoms with E-state index in [4.69, 9.17) is 13.9 Å². The number of hydrogen-bond acceptors (Lipinski definition) is 12. The van der Waals surface area contributed by atoms with Gasteiger partial charge in [-0.1, -0.05) is 0 Å². The second-order valence-corrected chi connectivity index (χ2v) is 7.16. The Bertz CT molecular complexity index is 1230. The Hall–Kier alpha value is -3.71. The predicted molar refractivity (Wildman–Crippen MR) is 105 cm³/mol. The van der Waals surface area contributed by atoms with E-state index in [0.29, 0.717) is 0 Å². The van der Waals surface area contributed by atoms with Gasteiger partial charge < -0.3 is 54.7 Å². The molecule has 4 rings (SSSR count). The third kappa shape index (κ3) is 3.50. The van der Waals surface area contributed by atoms with Crippen molar-refractivity contribution in [3.8, 4) is 45.8 Å². The van der Waals surface area contributed by atoms with E-state index in [1.807, 2.05) is 0 Å². The van der Waals surface area contributed by atoms with Gasteiger partial charge in [-0.25, -0.2) is 0 Å². The van der Waals surface area contributed by atoms with E-state index in [9.17, 15) is 45.6 Å². The first kappa shape index (κ1) is 21.5. The first-order chi connectivity index (χ1) is 15.1. The van der Waals surface area contributed by atoms with Crippen molar-refractivity contribution in [1.82, 2.24) is 0 Å². The summed E-state index contributed by atoms with van der Waals surface area (Å²) in [5.74, 6) is -4.54.